The minimum Gasteiger partial charge on any atom is -0.382 e. The fourth-order valence-electron chi connectivity index (χ4n) is 1.55. The van der Waals surface area contributed by atoms with Gasteiger partial charge in [-0.1, -0.05) is 0 Å². The molecule has 0 atom stereocenters. The van der Waals surface area contributed by atoms with Gasteiger partial charge in [-0.2, -0.15) is 10.4 Å². The molecule has 0 unspecified atom stereocenters. The third-order valence-corrected chi connectivity index (χ3v) is 2.53. The second kappa shape index (κ2) is 5.11. The van der Waals surface area contributed by atoms with Gasteiger partial charge in [-0.3, -0.25) is 0 Å². The van der Waals surface area contributed by atoms with Crippen molar-refractivity contribution >= 4 is 5.82 Å². The summed E-state index contributed by atoms with van der Waals surface area (Å²) in [6.45, 7) is 8.19. The van der Waals surface area contributed by atoms with E-state index in [-0.39, 0.29) is 5.54 Å². The molecule has 0 aliphatic rings. The van der Waals surface area contributed by atoms with Crippen LogP contribution in [-0.4, -0.2) is 29.5 Å². The van der Waals surface area contributed by atoms with Gasteiger partial charge in [-0.25, -0.2) is 0 Å². The van der Waals surface area contributed by atoms with Crippen LogP contribution in [0.3, 0.4) is 0 Å². The first kappa shape index (κ1) is 13.4. The second-order valence-electron chi connectivity index (χ2n) is 4.69. The van der Waals surface area contributed by atoms with Gasteiger partial charge in [0.15, 0.2) is 5.82 Å². The molecule has 5 heteroatoms. The van der Waals surface area contributed by atoms with Crippen molar-refractivity contribution in [1.82, 2.24) is 10.2 Å². The normalized spacial score (nSPS) is 11.1. The molecule has 0 bridgehead atoms. The van der Waals surface area contributed by atoms with Crippen molar-refractivity contribution in [2.24, 2.45) is 0 Å². The molecule has 0 amide bonds. The first-order chi connectivity index (χ1) is 7.91. The van der Waals surface area contributed by atoms with E-state index in [4.69, 9.17) is 10.00 Å². The average Bonchev–Trinajstić information content (AvgIpc) is 2.23. The van der Waals surface area contributed by atoms with E-state index in [1.165, 1.54) is 0 Å². The van der Waals surface area contributed by atoms with Crippen LogP contribution in [0.2, 0.25) is 0 Å². The Kier molecular flexibility index (Phi) is 4.02. The molecular weight excluding hydrogens is 216 g/mol. The molecule has 1 heterocycles. The monoisotopic (exact) mass is 234 g/mol. The lowest BCUT2D eigenvalue weighted by atomic mass is 10.1. The molecule has 92 valence electrons. The highest BCUT2D eigenvalue weighted by Crippen LogP contribution is 2.20. The maximum atomic E-state index is 9.16. The molecule has 1 aromatic rings. The summed E-state index contributed by atoms with van der Waals surface area (Å²) in [4.78, 5) is 0. The van der Waals surface area contributed by atoms with Gasteiger partial charge in [-0.05, 0) is 33.3 Å². The van der Waals surface area contributed by atoms with E-state index in [9.17, 15) is 0 Å². The van der Waals surface area contributed by atoms with E-state index in [0.717, 1.165) is 11.3 Å². The number of rotatable bonds is 4. The summed E-state index contributed by atoms with van der Waals surface area (Å²) in [5, 5.41) is 20.4. The van der Waals surface area contributed by atoms with E-state index < -0.39 is 0 Å². The lowest BCUT2D eigenvalue weighted by molar-refractivity contribution is 0.158. The zero-order valence-electron chi connectivity index (χ0n) is 11.0. The number of hydrogen-bond donors (Lipinski definition) is 1. The van der Waals surface area contributed by atoms with E-state index in [1.807, 2.05) is 27.7 Å². The van der Waals surface area contributed by atoms with Crippen LogP contribution in [0.1, 0.15) is 30.7 Å². The van der Waals surface area contributed by atoms with E-state index in [0.29, 0.717) is 18.0 Å². The summed E-state index contributed by atoms with van der Waals surface area (Å²) < 4.78 is 5.11. The van der Waals surface area contributed by atoms with Crippen LogP contribution >= 0.6 is 0 Å². The number of aromatic nitrogens is 2. The molecule has 0 saturated heterocycles. The number of nitrogens with one attached hydrogen (secondary N) is 1. The van der Waals surface area contributed by atoms with Gasteiger partial charge >= 0.3 is 0 Å². The Balaban J connectivity index is 3.08. The highest BCUT2D eigenvalue weighted by Gasteiger charge is 2.21. The summed E-state index contributed by atoms with van der Waals surface area (Å²) in [5.74, 6) is 0.512. The Bertz CT molecular complexity index is 449. The summed E-state index contributed by atoms with van der Waals surface area (Å²) in [6.07, 6.45) is 0. The van der Waals surface area contributed by atoms with Crippen LogP contribution in [-0.2, 0) is 4.74 Å². The van der Waals surface area contributed by atoms with Crippen molar-refractivity contribution in [3.63, 3.8) is 0 Å². The summed E-state index contributed by atoms with van der Waals surface area (Å²) in [6, 6.07) is 2.16. The first-order valence-electron chi connectivity index (χ1n) is 5.42. The minimum atomic E-state index is -0.295. The van der Waals surface area contributed by atoms with E-state index in [1.54, 1.807) is 7.11 Å². The van der Waals surface area contributed by atoms with Gasteiger partial charge in [0.2, 0.25) is 0 Å². The van der Waals surface area contributed by atoms with Gasteiger partial charge in [0, 0.05) is 7.11 Å². The second-order valence-corrected chi connectivity index (χ2v) is 4.69. The topological polar surface area (TPSA) is 70.8 Å². The number of hydrogen-bond acceptors (Lipinski definition) is 5. The van der Waals surface area contributed by atoms with Crippen molar-refractivity contribution in [1.29, 1.82) is 5.26 Å². The van der Waals surface area contributed by atoms with Gasteiger partial charge < -0.3 is 10.1 Å². The van der Waals surface area contributed by atoms with Crippen molar-refractivity contribution in [3.05, 3.63) is 16.8 Å². The Labute approximate surface area is 102 Å². The van der Waals surface area contributed by atoms with E-state index in [2.05, 4.69) is 21.6 Å². The fourth-order valence-corrected chi connectivity index (χ4v) is 1.55. The van der Waals surface area contributed by atoms with Crippen LogP contribution in [0.15, 0.2) is 0 Å². The van der Waals surface area contributed by atoms with Crippen LogP contribution in [0, 0.1) is 25.2 Å². The smallest absolute Gasteiger partial charge is 0.167 e. The predicted molar refractivity (Wildman–Crippen MR) is 65.8 cm³/mol. The average molecular weight is 234 g/mol. The van der Waals surface area contributed by atoms with Crippen molar-refractivity contribution in [3.8, 4) is 6.07 Å². The zero-order chi connectivity index (χ0) is 13.1. The summed E-state index contributed by atoms with van der Waals surface area (Å²) in [5.41, 5.74) is 1.88. The predicted octanol–water partition coefficient (Wildman–Crippen LogP) is 1.80. The molecule has 0 aliphatic carbocycles. The number of anilines is 1. The molecule has 17 heavy (non-hydrogen) atoms. The Morgan fingerprint density at radius 1 is 1.35 bits per heavy atom. The third kappa shape index (κ3) is 3.14. The SMILES string of the molecule is COCC(C)(C)Nc1nnc(C)c(C)c1C#N. The van der Waals surface area contributed by atoms with Crippen molar-refractivity contribution in [2.45, 2.75) is 33.2 Å². The minimum absolute atomic E-state index is 0.295. The fraction of sp³-hybridized carbons (Fsp3) is 0.583. The number of ether oxygens (including phenoxy) is 1. The number of aryl methyl sites for hydroxylation is 1. The van der Waals surface area contributed by atoms with Gasteiger partial charge in [0.05, 0.1) is 17.8 Å². The van der Waals surface area contributed by atoms with Gasteiger partial charge in [-0.15, -0.1) is 5.10 Å². The number of methoxy groups -OCH3 is 1. The Morgan fingerprint density at radius 3 is 2.53 bits per heavy atom. The summed E-state index contributed by atoms with van der Waals surface area (Å²) in [7, 11) is 1.64. The third-order valence-electron chi connectivity index (χ3n) is 2.53. The molecule has 0 saturated carbocycles. The van der Waals surface area contributed by atoms with Crippen LogP contribution in [0.5, 0.6) is 0 Å². The lowest BCUT2D eigenvalue weighted by Gasteiger charge is -2.26. The molecular formula is C12H18N4O. The maximum Gasteiger partial charge on any atom is 0.167 e. The molecule has 1 rings (SSSR count). The maximum absolute atomic E-state index is 9.16. The van der Waals surface area contributed by atoms with Gasteiger partial charge in [0.25, 0.3) is 0 Å². The molecule has 0 aliphatic heterocycles. The first-order valence-corrected chi connectivity index (χ1v) is 5.42. The Hall–Kier alpha value is -1.67. The van der Waals surface area contributed by atoms with E-state index >= 15 is 0 Å². The molecule has 0 radical (unpaired) electrons. The lowest BCUT2D eigenvalue weighted by Crippen LogP contribution is -2.36. The molecule has 0 spiro atoms. The Morgan fingerprint density at radius 2 is 2.00 bits per heavy atom. The van der Waals surface area contributed by atoms with Crippen LogP contribution in [0.4, 0.5) is 5.82 Å². The molecule has 1 N–H and O–H groups in total. The number of nitrogens with zero attached hydrogens (tertiary/aromatic N) is 3. The van der Waals surface area contributed by atoms with Gasteiger partial charge in [0.1, 0.15) is 11.6 Å². The number of nitriles is 1. The highest BCUT2D eigenvalue weighted by molar-refractivity contribution is 5.56. The zero-order valence-corrected chi connectivity index (χ0v) is 11.0. The standard InChI is InChI=1S/C12H18N4O/c1-8-9(2)15-16-11(10(8)6-13)14-12(3,4)7-17-5/h7H2,1-5H3,(H,14,16). The van der Waals surface area contributed by atoms with Crippen LogP contribution in [0.25, 0.3) is 0 Å². The molecule has 1 aromatic heterocycles. The molecule has 5 nitrogen and oxygen atoms in total. The van der Waals surface area contributed by atoms with Crippen molar-refractivity contribution < 1.29 is 4.74 Å². The molecule has 0 fully saturated rings. The summed E-state index contributed by atoms with van der Waals surface area (Å²) >= 11 is 0. The molecule has 0 aromatic carbocycles. The van der Waals surface area contributed by atoms with Crippen molar-refractivity contribution in [2.75, 3.05) is 19.0 Å². The van der Waals surface area contributed by atoms with Crippen LogP contribution < -0.4 is 5.32 Å². The quantitative estimate of drug-likeness (QED) is 0.860. The largest absolute Gasteiger partial charge is 0.382 e. The highest BCUT2D eigenvalue weighted by atomic mass is 16.5.